The Hall–Kier alpha value is -3.91. The van der Waals surface area contributed by atoms with Gasteiger partial charge in [-0.15, -0.1) is 0 Å². The van der Waals surface area contributed by atoms with E-state index >= 15 is 0 Å². The predicted octanol–water partition coefficient (Wildman–Crippen LogP) is 3.75. The van der Waals surface area contributed by atoms with Gasteiger partial charge in [0, 0.05) is 28.7 Å². The Morgan fingerprint density at radius 2 is 1.63 bits per heavy atom. The summed E-state index contributed by atoms with van der Waals surface area (Å²) in [6.07, 6.45) is 2.34. The molecule has 152 valence electrons. The number of carbonyl (C=O) groups excluding carboxylic acids is 1. The molecule has 0 aromatic heterocycles. The summed E-state index contributed by atoms with van der Waals surface area (Å²) in [5.41, 5.74) is 8.30. The molecular formula is C22H19N3O4S. The standard InChI is InChI=1S/C22H19N3O4S/c23-20-14-16(7-6-15(20)8-13-21(26)27)22(28)24-17-9-11-19(12-10-17)30(29)25-18-4-2-1-3-5-18/h1-14,25H,23H2,(H,24,28)(H,26,27)/b13-8-. The Kier molecular flexibility index (Phi) is 6.61. The highest BCUT2D eigenvalue weighted by Gasteiger charge is 2.09. The van der Waals surface area contributed by atoms with E-state index in [-0.39, 0.29) is 11.6 Å². The zero-order valence-corrected chi connectivity index (χ0v) is 16.6. The lowest BCUT2D eigenvalue weighted by Crippen LogP contribution is -2.12. The molecule has 0 spiro atoms. The molecular weight excluding hydrogens is 402 g/mol. The molecule has 3 aromatic carbocycles. The van der Waals surface area contributed by atoms with E-state index in [1.807, 2.05) is 30.3 Å². The summed E-state index contributed by atoms with van der Waals surface area (Å²) in [5.74, 6) is -1.45. The number of hydrogen-bond acceptors (Lipinski definition) is 4. The van der Waals surface area contributed by atoms with Crippen molar-refractivity contribution in [2.24, 2.45) is 0 Å². The van der Waals surface area contributed by atoms with Crippen molar-refractivity contribution in [3.8, 4) is 0 Å². The van der Waals surface area contributed by atoms with Crippen LogP contribution in [0.1, 0.15) is 15.9 Å². The van der Waals surface area contributed by atoms with E-state index < -0.39 is 17.0 Å². The third kappa shape index (κ3) is 5.55. The molecule has 1 unspecified atom stereocenters. The Balaban J connectivity index is 1.65. The minimum Gasteiger partial charge on any atom is -0.478 e. The number of carbonyl (C=O) groups is 2. The Bertz CT molecular complexity index is 1110. The number of para-hydroxylation sites is 1. The van der Waals surface area contributed by atoms with Crippen molar-refractivity contribution in [2.45, 2.75) is 4.90 Å². The maximum absolute atomic E-state index is 12.5. The molecule has 3 rings (SSSR count). The average molecular weight is 421 g/mol. The van der Waals surface area contributed by atoms with Crippen LogP contribution in [0.3, 0.4) is 0 Å². The Morgan fingerprint density at radius 1 is 0.933 bits per heavy atom. The van der Waals surface area contributed by atoms with Crippen molar-refractivity contribution in [2.75, 3.05) is 15.8 Å². The van der Waals surface area contributed by atoms with E-state index in [2.05, 4.69) is 10.0 Å². The number of anilines is 3. The molecule has 0 radical (unpaired) electrons. The van der Waals surface area contributed by atoms with Crippen LogP contribution < -0.4 is 15.8 Å². The second-order valence-electron chi connectivity index (χ2n) is 6.23. The monoisotopic (exact) mass is 421 g/mol. The van der Waals surface area contributed by atoms with Gasteiger partial charge in [-0.1, -0.05) is 24.3 Å². The summed E-state index contributed by atoms with van der Waals surface area (Å²) in [7, 11) is -1.43. The van der Waals surface area contributed by atoms with Gasteiger partial charge in [-0.3, -0.25) is 4.79 Å². The van der Waals surface area contributed by atoms with Crippen molar-refractivity contribution in [1.29, 1.82) is 0 Å². The molecule has 0 aliphatic heterocycles. The number of carboxylic acids is 1. The molecule has 0 fully saturated rings. The highest BCUT2D eigenvalue weighted by molar-refractivity contribution is 7.86. The van der Waals surface area contributed by atoms with Gasteiger partial charge in [0.25, 0.3) is 5.91 Å². The highest BCUT2D eigenvalue weighted by Crippen LogP contribution is 2.19. The molecule has 8 heteroatoms. The first kappa shape index (κ1) is 20.8. The highest BCUT2D eigenvalue weighted by atomic mass is 32.2. The third-order valence-corrected chi connectivity index (χ3v) is 5.19. The Morgan fingerprint density at radius 3 is 2.27 bits per heavy atom. The van der Waals surface area contributed by atoms with E-state index in [0.29, 0.717) is 21.7 Å². The zero-order valence-electron chi connectivity index (χ0n) is 15.7. The summed E-state index contributed by atoms with van der Waals surface area (Å²) in [4.78, 5) is 23.6. The lowest BCUT2D eigenvalue weighted by atomic mass is 10.1. The molecule has 7 nitrogen and oxygen atoms in total. The van der Waals surface area contributed by atoms with Crippen LogP contribution in [-0.2, 0) is 15.8 Å². The van der Waals surface area contributed by atoms with E-state index in [0.717, 1.165) is 11.8 Å². The van der Waals surface area contributed by atoms with Crippen LogP contribution in [0.5, 0.6) is 0 Å². The number of amides is 1. The minimum atomic E-state index is -1.43. The smallest absolute Gasteiger partial charge is 0.328 e. The minimum absolute atomic E-state index is 0.290. The fourth-order valence-electron chi connectivity index (χ4n) is 2.57. The second kappa shape index (κ2) is 9.53. The number of hydrogen-bond donors (Lipinski definition) is 4. The summed E-state index contributed by atoms with van der Waals surface area (Å²) >= 11 is 0. The normalized spacial score (nSPS) is 11.7. The summed E-state index contributed by atoms with van der Waals surface area (Å²) < 4.78 is 15.3. The molecule has 5 N–H and O–H groups in total. The number of aliphatic carboxylic acids is 1. The molecule has 0 saturated heterocycles. The first-order valence-corrected chi connectivity index (χ1v) is 10.0. The molecule has 0 saturated carbocycles. The SMILES string of the molecule is Nc1cc(C(=O)Nc2ccc(S(=O)Nc3ccccc3)cc2)ccc1/C=C\C(=O)O. The van der Waals surface area contributed by atoms with E-state index in [4.69, 9.17) is 10.8 Å². The van der Waals surface area contributed by atoms with E-state index in [9.17, 15) is 13.8 Å². The van der Waals surface area contributed by atoms with Gasteiger partial charge < -0.3 is 20.9 Å². The van der Waals surface area contributed by atoms with Crippen LogP contribution in [0.15, 0.2) is 83.8 Å². The van der Waals surface area contributed by atoms with Crippen molar-refractivity contribution < 1.29 is 18.9 Å². The molecule has 3 aromatic rings. The van der Waals surface area contributed by atoms with Gasteiger partial charge >= 0.3 is 5.97 Å². The van der Waals surface area contributed by atoms with E-state index in [1.165, 1.54) is 12.1 Å². The van der Waals surface area contributed by atoms with Gasteiger partial charge in [0.1, 0.15) is 11.0 Å². The summed E-state index contributed by atoms with van der Waals surface area (Å²) in [5, 5.41) is 11.4. The van der Waals surface area contributed by atoms with Gasteiger partial charge in [0.05, 0.1) is 4.90 Å². The topological polar surface area (TPSA) is 122 Å². The van der Waals surface area contributed by atoms with Crippen molar-refractivity contribution in [1.82, 2.24) is 0 Å². The molecule has 30 heavy (non-hydrogen) atoms. The number of rotatable bonds is 7. The average Bonchev–Trinajstić information content (AvgIpc) is 2.74. The van der Waals surface area contributed by atoms with Crippen LogP contribution in [0.4, 0.5) is 17.1 Å². The first-order valence-electron chi connectivity index (χ1n) is 8.88. The maximum Gasteiger partial charge on any atom is 0.328 e. The van der Waals surface area contributed by atoms with Gasteiger partial charge in [0.15, 0.2) is 0 Å². The number of benzene rings is 3. The molecule has 0 aliphatic rings. The molecule has 1 atom stereocenters. The predicted molar refractivity (Wildman–Crippen MR) is 118 cm³/mol. The largest absolute Gasteiger partial charge is 0.478 e. The fourth-order valence-corrected chi connectivity index (χ4v) is 3.42. The maximum atomic E-state index is 12.5. The van der Waals surface area contributed by atoms with Gasteiger partial charge in [-0.2, -0.15) is 0 Å². The van der Waals surface area contributed by atoms with Gasteiger partial charge in [0.2, 0.25) is 0 Å². The Labute approximate surface area is 175 Å². The van der Waals surface area contributed by atoms with Crippen LogP contribution in [-0.4, -0.2) is 21.2 Å². The number of nitrogens with one attached hydrogen (secondary N) is 2. The van der Waals surface area contributed by atoms with Crippen molar-refractivity contribution >= 4 is 46.0 Å². The number of nitrogen functional groups attached to an aromatic ring is 1. The second-order valence-corrected chi connectivity index (χ2v) is 7.44. The summed E-state index contributed by atoms with van der Waals surface area (Å²) in [6, 6.07) is 20.5. The van der Waals surface area contributed by atoms with Gasteiger partial charge in [-0.25, -0.2) is 9.00 Å². The van der Waals surface area contributed by atoms with Gasteiger partial charge in [-0.05, 0) is 60.2 Å². The third-order valence-electron chi connectivity index (χ3n) is 4.07. The molecule has 0 aliphatic carbocycles. The number of nitrogens with two attached hydrogens (primary N) is 1. The quantitative estimate of drug-likeness (QED) is 0.342. The lowest BCUT2D eigenvalue weighted by Gasteiger charge is -2.09. The van der Waals surface area contributed by atoms with Crippen LogP contribution in [0.25, 0.3) is 6.08 Å². The lowest BCUT2D eigenvalue weighted by molar-refractivity contribution is -0.131. The molecule has 0 heterocycles. The first-order chi connectivity index (χ1) is 14.4. The zero-order chi connectivity index (χ0) is 21.5. The van der Waals surface area contributed by atoms with E-state index in [1.54, 1.807) is 36.4 Å². The molecule has 1 amide bonds. The fraction of sp³-hybridized carbons (Fsp3) is 0. The van der Waals surface area contributed by atoms with Crippen molar-refractivity contribution in [3.63, 3.8) is 0 Å². The summed E-state index contributed by atoms with van der Waals surface area (Å²) in [6.45, 7) is 0. The van der Waals surface area contributed by atoms with Crippen LogP contribution >= 0.6 is 0 Å². The van der Waals surface area contributed by atoms with Crippen molar-refractivity contribution in [3.05, 3.63) is 90.0 Å². The number of carboxylic acid groups (broad SMARTS) is 1. The molecule has 0 bridgehead atoms. The van der Waals surface area contributed by atoms with Crippen LogP contribution in [0, 0.1) is 0 Å². The van der Waals surface area contributed by atoms with Crippen LogP contribution in [0.2, 0.25) is 0 Å².